The predicted octanol–water partition coefficient (Wildman–Crippen LogP) is 5.94. The molecule has 4 aromatic carbocycles. The predicted molar refractivity (Wildman–Crippen MR) is 137 cm³/mol. The molecule has 178 valence electrons. The Balaban J connectivity index is 1.32. The van der Waals surface area contributed by atoms with Crippen LogP contribution in [-0.2, 0) is 4.79 Å². The van der Waals surface area contributed by atoms with Crippen molar-refractivity contribution in [1.82, 2.24) is 5.32 Å². The molecule has 2 N–H and O–H groups in total. The first-order valence-corrected chi connectivity index (χ1v) is 12.0. The second kappa shape index (κ2) is 10.2. The minimum absolute atomic E-state index is 0.0234. The van der Waals surface area contributed by atoms with Crippen LogP contribution >= 0.6 is 0 Å². The maximum atomic E-state index is 10.8. The molecular weight excluding hydrogens is 438 g/mol. The van der Waals surface area contributed by atoms with Crippen LogP contribution in [0, 0.1) is 0 Å². The largest absolute Gasteiger partial charge is 0.489 e. The third-order valence-corrected chi connectivity index (χ3v) is 6.67. The summed E-state index contributed by atoms with van der Waals surface area (Å²) in [5.74, 6) is 0.673. The Bertz CT molecular complexity index is 1310. The van der Waals surface area contributed by atoms with Gasteiger partial charge < -0.3 is 19.9 Å². The highest BCUT2D eigenvalue weighted by molar-refractivity contribution is 5.86. The minimum atomic E-state index is -0.986. The highest BCUT2D eigenvalue weighted by Gasteiger charge is 2.29. The first-order chi connectivity index (χ1) is 17.1. The molecule has 5 rings (SSSR count). The fraction of sp³-hybridized carbons (Fsp3) is 0.233. The van der Waals surface area contributed by atoms with Gasteiger partial charge in [0, 0.05) is 24.1 Å². The van der Waals surface area contributed by atoms with Gasteiger partial charge in [-0.05, 0) is 53.4 Å². The molecule has 0 saturated heterocycles. The van der Waals surface area contributed by atoms with Crippen LogP contribution in [0.5, 0.6) is 11.5 Å². The molecule has 4 aromatic rings. The van der Waals surface area contributed by atoms with E-state index in [1.165, 1.54) is 21.9 Å². The summed E-state index contributed by atoms with van der Waals surface area (Å²) in [7, 11) is 0. The molecule has 0 radical (unpaired) electrons. The van der Waals surface area contributed by atoms with Crippen LogP contribution in [0.4, 0.5) is 0 Å². The van der Waals surface area contributed by atoms with Gasteiger partial charge >= 0.3 is 5.97 Å². The zero-order chi connectivity index (χ0) is 24.2. The van der Waals surface area contributed by atoms with Crippen molar-refractivity contribution in [3.8, 4) is 11.5 Å². The highest BCUT2D eigenvalue weighted by Crippen LogP contribution is 2.40. The lowest BCUT2D eigenvalue weighted by molar-refractivity contribution is -0.139. The lowest BCUT2D eigenvalue weighted by Crippen LogP contribution is -2.37. The number of nitrogens with one attached hydrogen (secondary N) is 1. The number of rotatable bonds is 8. The normalized spacial score (nSPS) is 17.9. The molecule has 1 unspecified atom stereocenters. The van der Waals surface area contributed by atoms with E-state index >= 15 is 0 Å². The second-order valence-corrected chi connectivity index (χ2v) is 9.02. The van der Waals surface area contributed by atoms with Crippen molar-refractivity contribution in [3.05, 3.63) is 108 Å². The van der Waals surface area contributed by atoms with Crippen LogP contribution in [0.15, 0.2) is 91.0 Å². The Morgan fingerprint density at radius 2 is 1.74 bits per heavy atom. The standard InChI is InChI=1S/C30H29NO4/c1-20(25-11-6-8-21-7-2-3-9-26(21)25)31-18-24-17-28(27-10-4-5-12-29(27)35-24)22-13-15-23(16-14-22)34-19-30(32)33/h2-16,20,24,28,31H,17-19H2,1H3,(H,32,33)/t20-,24?,28+/m1/s1. The van der Waals surface area contributed by atoms with Gasteiger partial charge in [-0.25, -0.2) is 4.79 Å². The van der Waals surface area contributed by atoms with E-state index in [2.05, 4.69) is 60.8 Å². The summed E-state index contributed by atoms with van der Waals surface area (Å²) >= 11 is 0. The Labute approximate surface area is 205 Å². The lowest BCUT2D eigenvalue weighted by Gasteiger charge is -2.33. The molecule has 0 aliphatic carbocycles. The molecule has 0 saturated carbocycles. The van der Waals surface area contributed by atoms with Gasteiger partial charge in [0.2, 0.25) is 0 Å². The molecule has 3 atom stereocenters. The van der Waals surface area contributed by atoms with Crippen molar-refractivity contribution in [2.45, 2.75) is 31.4 Å². The monoisotopic (exact) mass is 467 g/mol. The topological polar surface area (TPSA) is 67.8 Å². The average Bonchev–Trinajstić information content (AvgIpc) is 2.90. The molecule has 5 nitrogen and oxygen atoms in total. The number of benzene rings is 4. The fourth-order valence-corrected chi connectivity index (χ4v) is 4.92. The van der Waals surface area contributed by atoms with Crippen LogP contribution in [0.1, 0.15) is 42.0 Å². The molecule has 35 heavy (non-hydrogen) atoms. The number of carboxylic acid groups (broad SMARTS) is 1. The third-order valence-electron chi connectivity index (χ3n) is 6.67. The summed E-state index contributed by atoms with van der Waals surface area (Å²) in [6, 6.07) is 31.0. The summed E-state index contributed by atoms with van der Waals surface area (Å²) in [6.07, 6.45) is 0.872. The molecule has 1 aliphatic rings. The van der Waals surface area contributed by atoms with Crippen molar-refractivity contribution in [1.29, 1.82) is 0 Å². The highest BCUT2D eigenvalue weighted by atomic mass is 16.5. The molecule has 0 bridgehead atoms. The van der Waals surface area contributed by atoms with Crippen LogP contribution in [0.2, 0.25) is 0 Å². The number of fused-ring (bicyclic) bond motifs is 2. The van der Waals surface area contributed by atoms with E-state index < -0.39 is 5.97 Å². The summed E-state index contributed by atoms with van der Waals surface area (Å²) in [4.78, 5) is 10.8. The van der Waals surface area contributed by atoms with Crippen molar-refractivity contribution < 1.29 is 19.4 Å². The Morgan fingerprint density at radius 1 is 1.00 bits per heavy atom. The maximum absolute atomic E-state index is 10.8. The number of para-hydroxylation sites is 1. The van der Waals surface area contributed by atoms with E-state index in [4.69, 9.17) is 14.6 Å². The van der Waals surface area contributed by atoms with Crippen LogP contribution in [0.25, 0.3) is 10.8 Å². The van der Waals surface area contributed by atoms with E-state index in [-0.39, 0.29) is 24.7 Å². The maximum Gasteiger partial charge on any atom is 0.341 e. The number of aliphatic carboxylic acids is 1. The Morgan fingerprint density at radius 3 is 2.57 bits per heavy atom. The van der Waals surface area contributed by atoms with Gasteiger partial charge in [-0.1, -0.05) is 72.8 Å². The average molecular weight is 468 g/mol. The van der Waals surface area contributed by atoms with Crippen LogP contribution < -0.4 is 14.8 Å². The molecule has 0 amide bonds. The van der Waals surface area contributed by atoms with Crippen molar-refractivity contribution in [2.24, 2.45) is 0 Å². The molecule has 1 heterocycles. The smallest absolute Gasteiger partial charge is 0.341 e. The van der Waals surface area contributed by atoms with E-state index in [1.807, 2.05) is 42.5 Å². The summed E-state index contributed by atoms with van der Waals surface area (Å²) in [6.45, 7) is 2.59. The minimum Gasteiger partial charge on any atom is -0.489 e. The molecule has 5 heteroatoms. The van der Waals surface area contributed by atoms with Gasteiger partial charge in [-0.2, -0.15) is 0 Å². The van der Waals surface area contributed by atoms with E-state index in [9.17, 15) is 4.79 Å². The number of ether oxygens (including phenoxy) is 2. The van der Waals surface area contributed by atoms with Gasteiger partial charge in [0.15, 0.2) is 6.61 Å². The quantitative estimate of drug-likeness (QED) is 0.336. The first kappa shape index (κ1) is 22.9. The van der Waals surface area contributed by atoms with E-state index in [1.54, 1.807) is 0 Å². The number of carbonyl (C=O) groups is 1. The molecule has 0 spiro atoms. The lowest BCUT2D eigenvalue weighted by atomic mass is 9.84. The molecule has 0 aromatic heterocycles. The summed E-state index contributed by atoms with van der Waals surface area (Å²) in [5.41, 5.74) is 3.62. The van der Waals surface area contributed by atoms with Crippen LogP contribution in [-0.4, -0.2) is 30.3 Å². The SMILES string of the molecule is C[C@@H](NCC1C[C@@H](c2ccc(OCC(=O)O)cc2)c2ccccc2O1)c1cccc2ccccc12. The van der Waals surface area contributed by atoms with Crippen LogP contribution in [0.3, 0.4) is 0 Å². The Hall–Kier alpha value is -3.83. The van der Waals surface area contributed by atoms with Gasteiger partial charge in [-0.3, -0.25) is 0 Å². The third kappa shape index (κ3) is 5.15. The van der Waals surface area contributed by atoms with E-state index in [0.29, 0.717) is 5.75 Å². The zero-order valence-electron chi connectivity index (χ0n) is 19.7. The zero-order valence-corrected chi connectivity index (χ0v) is 19.7. The molecule has 1 aliphatic heterocycles. The number of hydrogen-bond donors (Lipinski definition) is 2. The van der Waals surface area contributed by atoms with E-state index in [0.717, 1.165) is 24.3 Å². The van der Waals surface area contributed by atoms with Gasteiger partial charge in [0.05, 0.1) is 0 Å². The number of carboxylic acids is 1. The van der Waals surface area contributed by atoms with Crippen molar-refractivity contribution in [3.63, 3.8) is 0 Å². The molecule has 0 fully saturated rings. The fourth-order valence-electron chi connectivity index (χ4n) is 4.92. The van der Waals surface area contributed by atoms with Crippen molar-refractivity contribution in [2.75, 3.05) is 13.2 Å². The van der Waals surface area contributed by atoms with Gasteiger partial charge in [-0.15, -0.1) is 0 Å². The van der Waals surface area contributed by atoms with Gasteiger partial charge in [0.25, 0.3) is 0 Å². The van der Waals surface area contributed by atoms with Gasteiger partial charge in [0.1, 0.15) is 17.6 Å². The second-order valence-electron chi connectivity index (χ2n) is 9.02. The summed E-state index contributed by atoms with van der Waals surface area (Å²) in [5, 5.41) is 15.1. The first-order valence-electron chi connectivity index (χ1n) is 12.0. The number of hydrogen-bond acceptors (Lipinski definition) is 4. The van der Waals surface area contributed by atoms with Crippen molar-refractivity contribution >= 4 is 16.7 Å². The summed E-state index contributed by atoms with van der Waals surface area (Å²) < 4.78 is 11.7. The Kier molecular flexibility index (Phi) is 6.68. The molecular formula is C30H29NO4.